The molecule has 0 heterocycles. The molecular weight excluding hydrogens is 512 g/mol. The van der Waals surface area contributed by atoms with Crippen LogP contribution in [0.3, 0.4) is 0 Å². The van der Waals surface area contributed by atoms with E-state index in [1.165, 1.54) is 0 Å². The number of benzene rings is 3. The lowest BCUT2D eigenvalue weighted by Gasteiger charge is -2.22. The largest absolute Gasteiger partial charge is 0.322 e. The number of carbonyl (C=O) groups excluding carboxylic acids is 2. The van der Waals surface area contributed by atoms with Gasteiger partial charge in [-0.25, -0.2) is 13.8 Å². The van der Waals surface area contributed by atoms with E-state index in [1.54, 1.807) is 67.6 Å². The molecule has 0 radical (unpaired) electrons. The molecule has 0 atom stereocenters. The van der Waals surface area contributed by atoms with E-state index in [9.17, 15) is 18.0 Å². The second kappa shape index (κ2) is 12.0. The fourth-order valence-corrected chi connectivity index (χ4v) is 4.50. The van der Waals surface area contributed by atoms with Gasteiger partial charge in [-0.05, 0) is 66.4 Å². The summed E-state index contributed by atoms with van der Waals surface area (Å²) in [7, 11) is -3.70. The summed E-state index contributed by atoms with van der Waals surface area (Å²) >= 11 is 5.96. The average Bonchev–Trinajstić information content (AvgIpc) is 2.85. The molecule has 0 saturated carbocycles. The number of hydrazone groups is 1. The number of rotatable bonds is 9. The molecule has 0 bridgehead atoms. The monoisotopic (exact) mass is 540 g/mol. The minimum absolute atomic E-state index is 0.296. The van der Waals surface area contributed by atoms with Gasteiger partial charge in [0.05, 0.1) is 17.7 Å². The Kier molecular flexibility index (Phi) is 9.07. The summed E-state index contributed by atoms with van der Waals surface area (Å²) in [5.41, 5.74) is 5.97. The van der Waals surface area contributed by atoms with Crippen LogP contribution in [0.1, 0.15) is 48.2 Å². The third-order valence-electron chi connectivity index (χ3n) is 5.51. The molecule has 37 heavy (non-hydrogen) atoms. The first-order valence-corrected chi connectivity index (χ1v) is 13.7. The second-order valence-corrected chi connectivity index (χ2v) is 11.1. The molecule has 3 rings (SSSR count). The van der Waals surface area contributed by atoms with Gasteiger partial charge in [-0.3, -0.25) is 13.9 Å². The maximum Gasteiger partial charge on any atom is 0.260 e. The molecule has 2 amide bonds. The zero-order valence-corrected chi connectivity index (χ0v) is 22.6. The first-order chi connectivity index (χ1) is 17.4. The van der Waals surface area contributed by atoms with Crippen molar-refractivity contribution in [2.24, 2.45) is 5.10 Å². The molecule has 0 aliphatic carbocycles. The van der Waals surface area contributed by atoms with Crippen molar-refractivity contribution in [3.63, 3.8) is 0 Å². The van der Waals surface area contributed by atoms with Crippen molar-refractivity contribution in [2.75, 3.05) is 22.4 Å². The molecule has 0 aliphatic heterocycles. The fraction of sp³-hybridized carbons (Fsp3) is 0.222. The zero-order valence-electron chi connectivity index (χ0n) is 21.0. The molecule has 0 fully saturated rings. The van der Waals surface area contributed by atoms with Gasteiger partial charge >= 0.3 is 0 Å². The second-order valence-electron chi connectivity index (χ2n) is 8.79. The van der Waals surface area contributed by atoms with Gasteiger partial charge in [0.25, 0.3) is 11.8 Å². The van der Waals surface area contributed by atoms with E-state index < -0.39 is 22.5 Å². The first-order valence-electron chi connectivity index (χ1n) is 11.5. The smallest absolute Gasteiger partial charge is 0.260 e. The van der Waals surface area contributed by atoms with Crippen molar-refractivity contribution in [2.45, 2.75) is 26.7 Å². The Morgan fingerprint density at radius 1 is 0.973 bits per heavy atom. The van der Waals surface area contributed by atoms with Gasteiger partial charge in [0.2, 0.25) is 10.0 Å². The van der Waals surface area contributed by atoms with E-state index in [0.29, 0.717) is 39.2 Å². The molecule has 2 N–H and O–H groups in total. The quantitative estimate of drug-likeness (QED) is 0.293. The Morgan fingerprint density at radius 2 is 1.62 bits per heavy atom. The maximum absolute atomic E-state index is 12.6. The summed E-state index contributed by atoms with van der Waals surface area (Å²) in [6.45, 7) is 5.35. The Labute approximate surface area is 222 Å². The molecular formula is C27H29ClN4O4S. The summed E-state index contributed by atoms with van der Waals surface area (Å²) in [5.74, 6) is -0.613. The Bertz CT molecular complexity index is 1420. The number of carbonyl (C=O) groups is 2. The van der Waals surface area contributed by atoms with Gasteiger partial charge in [-0.2, -0.15) is 5.10 Å². The SMILES string of the molecule is C/C(=N/NC(=O)CN(c1ccc(C(C)C)cc1)S(C)(=O)=O)c1cccc(NC(=O)c2cccc(Cl)c2)c1. The van der Waals surface area contributed by atoms with Crippen molar-refractivity contribution in [3.8, 4) is 0 Å². The van der Waals surface area contributed by atoms with Crippen LogP contribution >= 0.6 is 11.6 Å². The highest BCUT2D eigenvalue weighted by atomic mass is 35.5. The number of halogens is 1. The summed E-state index contributed by atoms with van der Waals surface area (Å²) in [6.07, 6.45) is 1.05. The van der Waals surface area contributed by atoms with Crippen LogP contribution in [-0.2, 0) is 14.8 Å². The van der Waals surface area contributed by atoms with E-state index in [0.717, 1.165) is 16.1 Å². The molecule has 0 aliphatic rings. The van der Waals surface area contributed by atoms with Gasteiger partial charge in [0.1, 0.15) is 6.54 Å². The maximum atomic E-state index is 12.6. The van der Waals surface area contributed by atoms with Crippen LogP contribution in [0.4, 0.5) is 11.4 Å². The van der Waals surface area contributed by atoms with Crippen molar-refractivity contribution in [1.29, 1.82) is 0 Å². The minimum Gasteiger partial charge on any atom is -0.322 e. The van der Waals surface area contributed by atoms with E-state index in [2.05, 4.69) is 15.8 Å². The third-order valence-corrected chi connectivity index (χ3v) is 6.88. The Hall–Kier alpha value is -3.69. The molecule has 194 valence electrons. The van der Waals surface area contributed by atoms with E-state index in [-0.39, 0.29) is 5.91 Å². The molecule has 0 spiro atoms. The highest BCUT2D eigenvalue weighted by molar-refractivity contribution is 7.92. The number of nitrogens with one attached hydrogen (secondary N) is 2. The number of amides is 2. The Morgan fingerprint density at radius 3 is 2.24 bits per heavy atom. The van der Waals surface area contributed by atoms with Gasteiger partial charge in [0, 0.05) is 16.3 Å². The van der Waals surface area contributed by atoms with Gasteiger partial charge in [0.15, 0.2) is 0 Å². The minimum atomic E-state index is -3.70. The van der Waals surface area contributed by atoms with Crippen molar-refractivity contribution < 1.29 is 18.0 Å². The molecule has 0 unspecified atom stereocenters. The molecule has 3 aromatic carbocycles. The average molecular weight is 541 g/mol. The van der Waals surface area contributed by atoms with E-state index in [4.69, 9.17) is 11.6 Å². The van der Waals surface area contributed by atoms with E-state index >= 15 is 0 Å². The number of anilines is 2. The highest BCUT2D eigenvalue weighted by Gasteiger charge is 2.21. The van der Waals surface area contributed by atoms with Crippen LogP contribution in [0.15, 0.2) is 77.9 Å². The normalized spacial score (nSPS) is 11.8. The molecule has 3 aromatic rings. The van der Waals surface area contributed by atoms with Crippen LogP contribution in [-0.4, -0.2) is 38.7 Å². The van der Waals surface area contributed by atoms with Crippen LogP contribution in [0, 0.1) is 0 Å². The number of nitrogens with zero attached hydrogens (tertiary/aromatic N) is 2. The summed E-state index contributed by atoms with van der Waals surface area (Å²) in [4.78, 5) is 25.1. The van der Waals surface area contributed by atoms with Crippen LogP contribution in [0.5, 0.6) is 0 Å². The van der Waals surface area contributed by atoms with E-state index in [1.807, 2.05) is 26.0 Å². The molecule has 8 nitrogen and oxygen atoms in total. The highest BCUT2D eigenvalue weighted by Crippen LogP contribution is 2.22. The van der Waals surface area contributed by atoms with Crippen LogP contribution < -0.4 is 15.0 Å². The molecule has 0 saturated heterocycles. The van der Waals surface area contributed by atoms with Gasteiger partial charge in [-0.15, -0.1) is 0 Å². The lowest BCUT2D eigenvalue weighted by Crippen LogP contribution is -2.39. The standard InChI is InChI=1S/C27H29ClN4O4S/c1-18(2)20-11-13-25(14-12-20)32(37(4,35)36)17-26(33)31-30-19(3)21-7-6-10-24(16-21)29-27(34)22-8-5-9-23(28)15-22/h5-16,18H,17H2,1-4H3,(H,29,34)(H,31,33)/b30-19-. The summed E-state index contributed by atoms with van der Waals surface area (Å²) < 4.78 is 25.8. The molecule has 10 heteroatoms. The topological polar surface area (TPSA) is 108 Å². The van der Waals surface area contributed by atoms with Crippen LogP contribution in [0.2, 0.25) is 5.02 Å². The predicted octanol–water partition coefficient (Wildman–Crippen LogP) is 5.02. The fourth-order valence-electron chi connectivity index (χ4n) is 3.46. The number of hydrogen-bond acceptors (Lipinski definition) is 5. The third kappa shape index (κ3) is 7.90. The van der Waals surface area contributed by atoms with Crippen molar-refractivity contribution >= 4 is 50.5 Å². The lowest BCUT2D eigenvalue weighted by atomic mass is 10.0. The predicted molar refractivity (Wildman–Crippen MR) is 149 cm³/mol. The van der Waals surface area contributed by atoms with Crippen LogP contribution in [0.25, 0.3) is 0 Å². The van der Waals surface area contributed by atoms with Gasteiger partial charge < -0.3 is 5.32 Å². The van der Waals surface area contributed by atoms with Crippen molar-refractivity contribution in [1.82, 2.24) is 5.43 Å². The lowest BCUT2D eigenvalue weighted by molar-refractivity contribution is -0.119. The number of hydrogen-bond donors (Lipinski definition) is 2. The number of sulfonamides is 1. The van der Waals surface area contributed by atoms with Crippen molar-refractivity contribution in [3.05, 3.63) is 94.5 Å². The first kappa shape index (κ1) is 27.9. The summed E-state index contributed by atoms with van der Waals surface area (Å²) in [5, 5.41) is 7.38. The zero-order chi connectivity index (χ0) is 27.2. The summed E-state index contributed by atoms with van der Waals surface area (Å²) in [6, 6.07) is 20.6. The molecule has 0 aromatic heterocycles. The van der Waals surface area contributed by atoms with Gasteiger partial charge in [-0.1, -0.05) is 55.8 Å². The Balaban J connectivity index is 1.68.